The minimum absolute atomic E-state index is 0.212. The van der Waals surface area contributed by atoms with Crippen molar-refractivity contribution in [1.82, 2.24) is 15.1 Å². The third-order valence-electron chi connectivity index (χ3n) is 3.46. The van der Waals surface area contributed by atoms with Crippen LogP contribution in [0.1, 0.15) is 22.9 Å². The van der Waals surface area contributed by atoms with Gasteiger partial charge in [-0.15, -0.1) is 10.2 Å². The zero-order valence-electron chi connectivity index (χ0n) is 11.4. The van der Waals surface area contributed by atoms with Gasteiger partial charge in [-0.1, -0.05) is 41.7 Å². The summed E-state index contributed by atoms with van der Waals surface area (Å²) in [6.45, 7) is 1.59. The summed E-state index contributed by atoms with van der Waals surface area (Å²) in [7, 11) is 0. The predicted molar refractivity (Wildman–Crippen MR) is 79.9 cm³/mol. The minimum atomic E-state index is -0.279. The smallest absolute Gasteiger partial charge is 0.410 e. The van der Waals surface area contributed by atoms with E-state index in [1.807, 2.05) is 30.3 Å². The molecular formula is C14H16N4O2S. The highest BCUT2D eigenvalue weighted by Gasteiger charge is 2.30. The van der Waals surface area contributed by atoms with E-state index in [4.69, 9.17) is 10.5 Å². The first-order valence-corrected chi connectivity index (χ1v) is 7.58. The number of nitrogens with two attached hydrogens (primary N) is 1. The van der Waals surface area contributed by atoms with E-state index in [2.05, 4.69) is 10.2 Å². The highest BCUT2D eigenvalue weighted by atomic mass is 32.1. The number of rotatable bonds is 3. The van der Waals surface area contributed by atoms with Crippen LogP contribution in [0.4, 0.5) is 9.93 Å². The van der Waals surface area contributed by atoms with Gasteiger partial charge in [0.25, 0.3) is 0 Å². The Morgan fingerprint density at radius 1 is 1.38 bits per heavy atom. The molecule has 1 amide bonds. The van der Waals surface area contributed by atoms with Crippen LogP contribution in [-0.4, -0.2) is 34.3 Å². The van der Waals surface area contributed by atoms with Crippen molar-refractivity contribution in [3.63, 3.8) is 0 Å². The number of carbonyl (C=O) groups excluding carboxylic acids is 1. The van der Waals surface area contributed by atoms with Gasteiger partial charge in [0.2, 0.25) is 5.13 Å². The van der Waals surface area contributed by atoms with Crippen LogP contribution >= 0.6 is 11.3 Å². The topological polar surface area (TPSA) is 81.3 Å². The molecule has 110 valence electrons. The Balaban J connectivity index is 1.52. The van der Waals surface area contributed by atoms with Crippen LogP contribution in [0.3, 0.4) is 0 Å². The van der Waals surface area contributed by atoms with Gasteiger partial charge in [0, 0.05) is 19.0 Å². The van der Waals surface area contributed by atoms with E-state index in [-0.39, 0.29) is 12.0 Å². The van der Waals surface area contributed by atoms with Crippen molar-refractivity contribution in [3.8, 4) is 0 Å². The van der Waals surface area contributed by atoms with Gasteiger partial charge in [0.15, 0.2) is 0 Å². The monoisotopic (exact) mass is 304 g/mol. The summed E-state index contributed by atoms with van der Waals surface area (Å²) in [5.74, 6) is 0.212. The first-order valence-electron chi connectivity index (χ1n) is 6.77. The summed E-state index contributed by atoms with van der Waals surface area (Å²) in [6.07, 6.45) is 0.591. The molecule has 1 saturated heterocycles. The molecule has 1 aliphatic heterocycles. The van der Waals surface area contributed by atoms with Crippen molar-refractivity contribution in [2.24, 2.45) is 0 Å². The number of likely N-dealkylation sites (tertiary alicyclic amines) is 1. The SMILES string of the molecule is Nc1nnc(C2CCN(C(=O)OCc3ccccc3)C2)s1. The van der Waals surface area contributed by atoms with Crippen molar-refractivity contribution in [2.45, 2.75) is 18.9 Å². The molecule has 1 atom stereocenters. The molecule has 0 radical (unpaired) electrons. The normalized spacial score (nSPS) is 17.9. The molecule has 1 aliphatic rings. The summed E-state index contributed by atoms with van der Waals surface area (Å²) >= 11 is 1.39. The zero-order chi connectivity index (χ0) is 14.7. The van der Waals surface area contributed by atoms with Crippen LogP contribution < -0.4 is 5.73 Å². The van der Waals surface area contributed by atoms with Gasteiger partial charge < -0.3 is 15.4 Å². The molecule has 2 aromatic rings. The highest BCUT2D eigenvalue weighted by Crippen LogP contribution is 2.30. The quantitative estimate of drug-likeness (QED) is 0.940. The molecule has 0 bridgehead atoms. The number of aromatic nitrogens is 2. The molecular weight excluding hydrogens is 288 g/mol. The van der Waals surface area contributed by atoms with E-state index >= 15 is 0 Å². The molecule has 1 unspecified atom stereocenters. The fraction of sp³-hybridized carbons (Fsp3) is 0.357. The Morgan fingerprint density at radius 3 is 2.90 bits per heavy atom. The predicted octanol–water partition coefficient (Wildman–Crippen LogP) is 2.25. The molecule has 1 fully saturated rings. The standard InChI is InChI=1S/C14H16N4O2S/c15-13-17-16-12(21-13)11-6-7-18(8-11)14(19)20-9-10-4-2-1-3-5-10/h1-5,11H,6-9H2,(H2,15,17). The third-order valence-corrected chi connectivity index (χ3v) is 4.37. The molecule has 0 aliphatic carbocycles. The van der Waals surface area contributed by atoms with Crippen molar-refractivity contribution in [3.05, 3.63) is 40.9 Å². The summed E-state index contributed by atoms with van der Waals surface area (Å²) in [6, 6.07) is 9.65. The Kier molecular flexibility index (Phi) is 4.01. The third kappa shape index (κ3) is 3.30. The van der Waals surface area contributed by atoms with Crippen molar-refractivity contribution >= 4 is 22.6 Å². The molecule has 3 rings (SSSR count). The molecule has 2 N–H and O–H groups in total. The summed E-state index contributed by atoms with van der Waals surface area (Å²) in [5, 5.41) is 9.23. The van der Waals surface area contributed by atoms with E-state index in [1.54, 1.807) is 4.90 Å². The lowest BCUT2D eigenvalue weighted by atomic mass is 10.1. The van der Waals surface area contributed by atoms with Gasteiger partial charge >= 0.3 is 6.09 Å². The largest absolute Gasteiger partial charge is 0.445 e. The number of nitrogens with zero attached hydrogens (tertiary/aromatic N) is 3. The van der Waals surface area contributed by atoms with Crippen molar-refractivity contribution in [1.29, 1.82) is 0 Å². The van der Waals surface area contributed by atoms with Gasteiger partial charge in [-0.2, -0.15) is 0 Å². The summed E-state index contributed by atoms with van der Waals surface area (Å²) in [4.78, 5) is 13.8. The second kappa shape index (κ2) is 6.09. The molecule has 2 heterocycles. The van der Waals surface area contributed by atoms with Crippen LogP contribution in [0, 0.1) is 0 Å². The van der Waals surface area contributed by atoms with E-state index in [0.29, 0.717) is 24.8 Å². The number of ether oxygens (including phenoxy) is 1. The Hall–Kier alpha value is -2.15. The maximum Gasteiger partial charge on any atom is 0.410 e. The minimum Gasteiger partial charge on any atom is -0.445 e. The fourth-order valence-electron chi connectivity index (χ4n) is 2.35. The number of nitrogen functional groups attached to an aromatic ring is 1. The Morgan fingerprint density at radius 2 is 2.19 bits per heavy atom. The molecule has 0 saturated carbocycles. The number of carbonyl (C=O) groups is 1. The van der Waals surface area contributed by atoms with Gasteiger partial charge in [0.05, 0.1) is 0 Å². The maximum atomic E-state index is 12.0. The average molecular weight is 304 g/mol. The zero-order valence-corrected chi connectivity index (χ0v) is 12.3. The molecule has 7 heteroatoms. The van der Waals surface area contributed by atoms with E-state index in [9.17, 15) is 4.79 Å². The van der Waals surface area contributed by atoms with E-state index in [1.165, 1.54) is 11.3 Å². The van der Waals surface area contributed by atoms with E-state index in [0.717, 1.165) is 17.0 Å². The van der Waals surface area contributed by atoms with Gasteiger partial charge in [0.1, 0.15) is 11.6 Å². The van der Waals surface area contributed by atoms with E-state index < -0.39 is 0 Å². The Labute approximate surface area is 126 Å². The van der Waals surface area contributed by atoms with Crippen LogP contribution in [-0.2, 0) is 11.3 Å². The fourth-order valence-corrected chi connectivity index (χ4v) is 3.09. The number of hydrogen-bond acceptors (Lipinski definition) is 6. The second-order valence-corrected chi connectivity index (χ2v) is 5.99. The van der Waals surface area contributed by atoms with Crippen LogP contribution in [0.2, 0.25) is 0 Å². The lowest BCUT2D eigenvalue weighted by Crippen LogP contribution is -2.29. The first-order chi connectivity index (χ1) is 10.2. The molecule has 0 spiro atoms. The molecule has 21 heavy (non-hydrogen) atoms. The lowest BCUT2D eigenvalue weighted by molar-refractivity contribution is 0.104. The first kappa shape index (κ1) is 13.8. The second-order valence-electron chi connectivity index (χ2n) is 4.95. The Bertz CT molecular complexity index is 616. The molecule has 1 aromatic carbocycles. The number of benzene rings is 1. The highest BCUT2D eigenvalue weighted by molar-refractivity contribution is 7.15. The van der Waals surface area contributed by atoms with Crippen LogP contribution in [0.15, 0.2) is 30.3 Å². The van der Waals surface area contributed by atoms with Crippen LogP contribution in [0.25, 0.3) is 0 Å². The molecule has 6 nitrogen and oxygen atoms in total. The summed E-state index contributed by atoms with van der Waals surface area (Å²) in [5.41, 5.74) is 6.58. The summed E-state index contributed by atoms with van der Waals surface area (Å²) < 4.78 is 5.33. The van der Waals surface area contributed by atoms with Crippen LogP contribution in [0.5, 0.6) is 0 Å². The van der Waals surface area contributed by atoms with Gasteiger partial charge in [-0.25, -0.2) is 4.79 Å². The number of anilines is 1. The lowest BCUT2D eigenvalue weighted by Gasteiger charge is -2.15. The van der Waals surface area contributed by atoms with Gasteiger partial charge in [-0.05, 0) is 12.0 Å². The number of hydrogen-bond donors (Lipinski definition) is 1. The number of amides is 1. The van der Waals surface area contributed by atoms with Crippen molar-refractivity contribution < 1.29 is 9.53 Å². The molecule has 1 aromatic heterocycles. The van der Waals surface area contributed by atoms with Gasteiger partial charge in [-0.3, -0.25) is 0 Å². The average Bonchev–Trinajstić information content (AvgIpc) is 3.14. The van der Waals surface area contributed by atoms with Crippen molar-refractivity contribution in [2.75, 3.05) is 18.8 Å². The maximum absolute atomic E-state index is 12.0.